The smallest absolute Gasteiger partial charge is 0.277 e. The van der Waals surface area contributed by atoms with Gasteiger partial charge in [0.25, 0.3) is 5.91 Å². The Bertz CT molecular complexity index is 670. The van der Waals surface area contributed by atoms with Gasteiger partial charge < -0.3 is 14.8 Å². The van der Waals surface area contributed by atoms with Crippen molar-refractivity contribution in [3.8, 4) is 5.75 Å². The third kappa shape index (κ3) is 3.86. The lowest BCUT2D eigenvalue weighted by Gasteiger charge is -2.12. The molecule has 0 spiro atoms. The van der Waals surface area contributed by atoms with Crippen molar-refractivity contribution in [2.75, 3.05) is 25.6 Å². The van der Waals surface area contributed by atoms with Crippen molar-refractivity contribution in [2.24, 2.45) is 0 Å². The van der Waals surface area contributed by atoms with E-state index in [1.165, 1.54) is 0 Å². The van der Waals surface area contributed by atoms with Crippen molar-refractivity contribution < 1.29 is 14.3 Å². The average Bonchev–Trinajstić information content (AvgIpc) is 2.82. The first-order valence-electron chi connectivity index (χ1n) is 6.77. The SMILES string of the molecule is COCCOc1cc(C)ccc1NC(=O)c1n[nH]c(C)c1Br. The van der Waals surface area contributed by atoms with Gasteiger partial charge in [0.05, 0.1) is 16.8 Å². The number of benzene rings is 1. The summed E-state index contributed by atoms with van der Waals surface area (Å²) in [4.78, 5) is 12.3. The fourth-order valence-electron chi connectivity index (χ4n) is 1.83. The van der Waals surface area contributed by atoms with Gasteiger partial charge in [0.2, 0.25) is 0 Å². The van der Waals surface area contributed by atoms with Gasteiger partial charge in [0.1, 0.15) is 12.4 Å². The second kappa shape index (κ2) is 7.42. The first kappa shape index (κ1) is 16.5. The van der Waals surface area contributed by atoms with Crippen molar-refractivity contribution in [3.63, 3.8) is 0 Å². The number of anilines is 1. The zero-order chi connectivity index (χ0) is 16.1. The van der Waals surface area contributed by atoms with Crippen molar-refractivity contribution >= 4 is 27.5 Å². The Labute approximate surface area is 137 Å². The number of halogens is 1. The van der Waals surface area contributed by atoms with E-state index in [9.17, 15) is 4.79 Å². The van der Waals surface area contributed by atoms with Crippen LogP contribution in [0.5, 0.6) is 5.75 Å². The molecule has 0 unspecified atom stereocenters. The number of carbonyl (C=O) groups excluding carboxylic acids is 1. The molecule has 0 bridgehead atoms. The lowest BCUT2D eigenvalue weighted by atomic mass is 10.2. The lowest BCUT2D eigenvalue weighted by Crippen LogP contribution is -2.15. The minimum atomic E-state index is -0.309. The molecular weight excluding hydrogens is 350 g/mol. The second-order valence-corrected chi connectivity index (χ2v) is 5.60. The summed E-state index contributed by atoms with van der Waals surface area (Å²) in [7, 11) is 1.61. The standard InChI is InChI=1S/C15H18BrN3O3/c1-9-4-5-11(12(8-9)22-7-6-21-3)17-15(20)14-13(16)10(2)18-19-14/h4-5,8H,6-7H2,1-3H3,(H,17,20)(H,18,19). The molecular formula is C15H18BrN3O3. The van der Waals surface area contributed by atoms with Gasteiger partial charge in [-0.1, -0.05) is 6.07 Å². The van der Waals surface area contributed by atoms with Crippen LogP contribution in [0.25, 0.3) is 0 Å². The molecule has 0 saturated heterocycles. The number of H-pyrrole nitrogens is 1. The van der Waals surface area contributed by atoms with Gasteiger partial charge in [0, 0.05) is 12.8 Å². The molecule has 2 N–H and O–H groups in total. The molecule has 1 aromatic carbocycles. The van der Waals surface area contributed by atoms with Gasteiger partial charge in [-0.25, -0.2) is 0 Å². The number of ether oxygens (including phenoxy) is 2. The van der Waals surface area contributed by atoms with Crippen LogP contribution < -0.4 is 10.1 Å². The van der Waals surface area contributed by atoms with E-state index in [1.807, 2.05) is 32.0 Å². The average molecular weight is 368 g/mol. The van der Waals surface area contributed by atoms with E-state index in [4.69, 9.17) is 9.47 Å². The number of aryl methyl sites for hydroxylation is 2. The van der Waals surface area contributed by atoms with Crippen LogP contribution in [0.4, 0.5) is 5.69 Å². The predicted octanol–water partition coefficient (Wildman–Crippen LogP) is 3.07. The van der Waals surface area contributed by atoms with Crippen molar-refractivity contribution in [2.45, 2.75) is 13.8 Å². The molecule has 0 aliphatic carbocycles. The minimum absolute atomic E-state index is 0.306. The topological polar surface area (TPSA) is 76.2 Å². The highest BCUT2D eigenvalue weighted by Crippen LogP contribution is 2.27. The number of nitrogens with zero attached hydrogens (tertiary/aromatic N) is 1. The monoisotopic (exact) mass is 367 g/mol. The van der Waals surface area contributed by atoms with Crippen LogP contribution in [0.2, 0.25) is 0 Å². The number of aromatic amines is 1. The van der Waals surface area contributed by atoms with Crippen LogP contribution in [-0.2, 0) is 4.74 Å². The summed E-state index contributed by atoms with van der Waals surface area (Å²) in [6, 6.07) is 5.59. The highest BCUT2D eigenvalue weighted by Gasteiger charge is 2.17. The van der Waals surface area contributed by atoms with E-state index in [0.717, 1.165) is 11.3 Å². The molecule has 0 aliphatic rings. The number of nitrogens with one attached hydrogen (secondary N) is 2. The summed E-state index contributed by atoms with van der Waals surface area (Å²) in [6.45, 7) is 4.68. The number of aromatic nitrogens is 2. The molecule has 1 amide bonds. The van der Waals surface area contributed by atoms with E-state index < -0.39 is 0 Å². The molecule has 22 heavy (non-hydrogen) atoms. The summed E-state index contributed by atoms with van der Waals surface area (Å²) in [5, 5.41) is 9.57. The molecule has 0 saturated carbocycles. The Kier molecular flexibility index (Phi) is 5.57. The quantitative estimate of drug-likeness (QED) is 0.769. The predicted molar refractivity (Wildman–Crippen MR) is 87.5 cm³/mol. The summed E-state index contributed by atoms with van der Waals surface area (Å²) >= 11 is 3.34. The molecule has 118 valence electrons. The van der Waals surface area contributed by atoms with E-state index in [2.05, 4.69) is 31.4 Å². The maximum Gasteiger partial charge on any atom is 0.277 e. The van der Waals surface area contributed by atoms with Gasteiger partial charge >= 0.3 is 0 Å². The molecule has 0 fully saturated rings. The van der Waals surface area contributed by atoms with Gasteiger partial charge in [-0.05, 0) is 47.5 Å². The summed E-state index contributed by atoms with van der Waals surface area (Å²) < 4.78 is 11.3. The summed E-state index contributed by atoms with van der Waals surface area (Å²) in [5.41, 5.74) is 2.74. The van der Waals surface area contributed by atoms with Crippen LogP contribution in [0.1, 0.15) is 21.7 Å². The van der Waals surface area contributed by atoms with Crippen molar-refractivity contribution in [1.82, 2.24) is 10.2 Å². The third-order valence-electron chi connectivity index (χ3n) is 3.02. The largest absolute Gasteiger partial charge is 0.489 e. The summed E-state index contributed by atoms with van der Waals surface area (Å²) in [5.74, 6) is 0.297. The third-order valence-corrected chi connectivity index (χ3v) is 3.99. The first-order valence-corrected chi connectivity index (χ1v) is 7.56. The Hall–Kier alpha value is -1.86. The number of rotatable bonds is 6. The van der Waals surface area contributed by atoms with Gasteiger partial charge in [-0.3, -0.25) is 9.89 Å². The van der Waals surface area contributed by atoms with E-state index >= 15 is 0 Å². The van der Waals surface area contributed by atoms with Crippen LogP contribution >= 0.6 is 15.9 Å². The normalized spacial score (nSPS) is 10.5. The molecule has 2 aromatic rings. The molecule has 6 nitrogen and oxygen atoms in total. The number of hydrogen-bond donors (Lipinski definition) is 2. The fourth-order valence-corrected chi connectivity index (χ4v) is 2.19. The number of amides is 1. The van der Waals surface area contributed by atoms with Crippen LogP contribution in [0.3, 0.4) is 0 Å². The molecule has 1 heterocycles. The van der Waals surface area contributed by atoms with E-state index in [0.29, 0.717) is 34.8 Å². The first-order chi connectivity index (χ1) is 10.5. The summed E-state index contributed by atoms with van der Waals surface area (Å²) in [6.07, 6.45) is 0. The molecule has 0 atom stereocenters. The van der Waals surface area contributed by atoms with Crippen LogP contribution in [-0.4, -0.2) is 36.4 Å². The van der Waals surface area contributed by atoms with Gasteiger partial charge in [-0.15, -0.1) is 0 Å². The highest BCUT2D eigenvalue weighted by atomic mass is 79.9. The molecule has 2 rings (SSSR count). The number of hydrogen-bond acceptors (Lipinski definition) is 4. The van der Waals surface area contributed by atoms with E-state index in [1.54, 1.807) is 7.11 Å². The molecule has 1 aromatic heterocycles. The Morgan fingerprint density at radius 3 is 2.77 bits per heavy atom. The Morgan fingerprint density at radius 1 is 1.36 bits per heavy atom. The molecule has 0 radical (unpaired) electrons. The maximum absolute atomic E-state index is 12.3. The maximum atomic E-state index is 12.3. The number of methoxy groups -OCH3 is 1. The zero-order valence-electron chi connectivity index (χ0n) is 12.7. The van der Waals surface area contributed by atoms with Gasteiger partial charge in [-0.2, -0.15) is 5.10 Å². The molecule has 7 heteroatoms. The zero-order valence-corrected chi connectivity index (χ0v) is 14.3. The number of carbonyl (C=O) groups is 1. The highest BCUT2D eigenvalue weighted by molar-refractivity contribution is 9.10. The second-order valence-electron chi connectivity index (χ2n) is 4.81. The minimum Gasteiger partial charge on any atom is -0.489 e. The van der Waals surface area contributed by atoms with Crippen molar-refractivity contribution in [1.29, 1.82) is 0 Å². The van der Waals surface area contributed by atoms with Crippen molar-refractivity contribution in [3.05, 3.63) is 39.6 Å². The Morgan fingerprint density at radius 2 is 2.14 bits per heavy atom. The molecule has 0 aliphatic heterocycles. The van der Waals surface area contributed by atoms with E-state index in [-0.39, 0.29) is 5.91 Å². The van der Waals surface area contributed by atoms with Gasteiger partial charge in [0.15, 0.2) is 5.69 Å². The van der Waals surface area contributed by atoms with Crippen LogP contribution in [0, 0.1) is 13.8 Å². The lowest BCUT2D eigenvalue weighted by molar-refractivity contribution is 0.102. The Balaban J connectivity index is 2.17. The fraction of sp³-hybridized carbons (Fsp3) is 0.333. The van der Waals surface area contributed by atoms with Crippen LogP contribution in [0.15, 0.2) is 22.7 Å².